The zero-order valence-electron chi connectivity index (χ0n) is 12.4. The fourth-order valence-corrected chi connectivity index (χ4v) is 4.09. The molecular formula is C14H24N2O3S2. The molecule has 0 aromatic carbocycles. The second-order valence-electron chi connectivity index (χ2n) is 4.77. The standard InChI is InChI=1S/C14H24N2O3S2/c1-19-13(17)7-3-5-10-16-14(18)15-9-4-2-6-12-8-11-20-21-12/h8,11-12H,2-7,9-10H2,1H3,(H2,15,16,18). The Kier molecular flexibility index (Phi) is 10.2. The molecule has 1 aliphatic heterocycles. The predicted molar refractivity (Wildman–Crippen MR) is 89.2 cm³/mol. The molecule has 0 aromatic heterocycles. The third kappa shape index (κ3) is 9.68. The van der Waals surface area contributed by atoms with Crippen molar-refractivity contribution in [3.63, 3.8) is 0 Å². The van der Waals surface area contributed by atoms with E-state index in [4.69, 9.17) is 0 Å². The second-order valence-corrected chi connectivity index (χ2v) is 7.19. The normalized spacial score (nSPS) is 16.7. The molecule has 1 heterocycles. The van der Waals surface area contributed by atoms with E-state index in [1.807, 2.05) is 10.8 Å². The van der Waals surface area contributed by atoms with E-state index in [1.165, 1.54) is 13.5 Å². The summed E-state index contributed by atoms with van der Waals surface area (Å²) in [6, 6.07) is -0.126. The number of nitrogens with one attached hydrogen (secondary N) is 2. The van der Waals surface area contributed by atoms with Gasteiger partial charge in [-0.25, -0.2) is 4.79 Å². The van der Waals surface area contributed by atoms with Crippen LogP contribution in [0.4, 0.5) is 4.79 Å². The zero-order chi connectivity index (χ0) is 15.3. The van der Waals surface area contributed by atoms with Gasteiger partial charge in [0.2, 0.25) is 0 Å². The average Bonchev–Trinajstić information content (AvgIpc) is 2.99. The first-order valence-corrected chi connectivity index (χ1v) is 9.57. The highest BCUT2D eigenvalue weighted by atomic mass is 33.1. The SMILES string of the molecule is COC(=O)CCCCNC(=O)NCCCCC1C=CSS1. The van der Waals surface area contributed by atoms with Gasteiger partial charge >= 0.3 is 12.0 Å². The van der Waals surface area contributed by atoms with Crippen LogP contribution in [0.5, 0.6) is 0 Å². The molecule has 1 unspecified atom stereocenters. The van der Waals surface area contributed by atoms with E-state index in [2.05, 4.69) is 26.9 Å². The van der Waals surface area contributed by atoms with Crippen LogP contribution in [0.3, 0.4) is 0 Å². The topological polar surface area (TPSA) is 67.4 Å². The van der Waals surface area contributed by atoms with E-state index in [0.717, 1.165) is 25.7 Å². The molecule has 120 valence electrons. The maximum Gasteiger partial charge on any atom is 0.314 e. The number of carbonyl (C=O) groups excluding carboxylic acids is 2. The van der Waals surface area contributed by atoms with Gasteiger partial charge in [-0.2, -0.15) is 0 Å². The first-order chi connectivity index (χ1) is 10.2. The molecule has 0 aromatic rings. The number of hydrogen-bond acceptors (Lipinski definition) is 5. The molecule has 0 saturated carbocycles. The molecule has 1 aliphatic rings. The molecule has 5 nitrogen and oxygen atoms in total. The van der Waals surface area contributed by atoms with E-state index in [-0.39, 0.29) is 12.0 Å². The largest absolute Gasteiger partial charge is 0.469 e. The minimum absolute atomic E-state index is 0.126. The maximum atomic E-state index is 11.5. The summed E-state index contributed by atoms with van der Waals surface area (Å²) in [5, 5.41) is 8.41. The van der Waals surface area contributed by atoms with Gasteiger partial charge in [0.25, 0.3) is 0 Å². The summed E-state index contributed by atoms with van der Waals surface area (Å²) in [7, 11) is 5.08. The quantitative estimate of drug-likeness (QED) is 0.365. The lowest BCUT2D eigenvalue weighted by Crippen LogP contribution is -2.36. The van der Waals surface area contributed by atoms with Gasteiger partial charge in [0, 0.05) is 24.8 Å². The van der Waals surface area contributed by atoms with E-state index >= 15 is 0 Å². The van der Waals surface area contributed by atoms with Gasteiger partial charge in [-0.1, -0.05) is 34.1 Å². The van der Waals surface area contributed by atoms with Crippen LogP contribution in [-0.4, -0.2) is 37.4 Å². The number of urea groups is 1. The Bertz CT molecular complexity index is 351. The van der Waals surface area contributed by atoms with Crippen molar-refractivity contribution in [2.45, 2.75) is 43.8 Å². The van der Waals surface area contributed by atoms with Crippen molar-refractivity contribution in [3.8, 4) is 0 Å². The molecule has 0 spiro atoms. The van der Waals surface area contributed by atoms with Crippen LogP contribution >= 0.6 is 21.6 Å². The average molecular weight is 332 g/mol. The Balaban J connectivity index is 1.85. The summed E-state index contributed by atoms with van der Waals surface area (Å²) in [4.78, 5) is 22.4. The van der Waals surface area contributed by atoms with Crippen LogP contribution in [-0.2, 0) is 9.53 Å². The second kappa shape index (κ2) is 11.8. The van der Waals surface area contributed by atoms with Crippen molar-refractivity contribution in [2.24, 2.45) is 0 Å². The molecule has 21 heavy (non-hydrogen) atoms. The van der Waals surface area contributed by atoms with Crippen LogP contribution in [0.15, 0.2) is 11.5 Å². The van der Waals surface area contributed by atoms with Gasteiger partial charge in [-0.3, -0.25) is 4.79 Å². The monoisotopic (exact) mass is 332 g/mol. The molecule has 0 aliphatic carbocycles. The number of hydrogen-bond donors (Lipinski definition) is 2. The van der Waals surface area contributed by atoms with Crippen LogP contribution in [0.2, 0.25) is 0 Å². The summed E-state index contributed by atoms with van der Waals surface area (Å²) in [5.74, 6) is -0.201. The summed E-state index contributed by atoms with van der Waals surface area (Å²) in [6.07, 6.45) is 7.47. The predicted octanol–water partition coefficient (Wildman–Crippen LogP) is 3.08. The fourth-order valence-electron chi connectivity index (χ4n) is 1.83. The van der Waals surface area contributed by atoms with E-state index < -0.39 is 0 Å². The minimum Gasteiger partial charge on any atom is -0.469 e. The third-order valence-corrected chi connectivity index (χ3v) is 5.48. The van der Waals surface area contributed by atoms with Gasteiger partial charge in [0.15, 0.2) is 0 Å². The fraction of sp³-hybridized carbons (Fsp3) is 0.714. The van der Waals surface area contributed by atoms with Crippen molar-refractivity contribution < 1.29 is 14.3 Å². The zero-order valence-corrected chi connectivity index (χ0v) is 14.1. The maximum absolute atomic E-state index is 11.5. The highest BCUT2D eigenvalue weighted by molar-refractivity contribution is 8.78. The molecular weight excluding hydrogens is 308 g/mol. The highest BCUT2D eigenvalue weighted by Crippen LogP contribution is 2.37. The third-order valence-electron chi connectivity index (χ3n) is 3.05. The Morgan fingerprint density at radius 1 is 1.14 bits per heavy atom. The lowest BCUT2D eigenvalue weighted by Gasteiger charge is -2.08. The number of esters is 1. The van der Waals surface area contributed by atoms with E-state index in [0.29, 0.717) is 24.8 Å². The molecule has 1 rings (SSSR count). The Morgan fingerprint density at radius 3 is 2.48 bits per heavy atom. The van der Waals surface area contributed by atoms with Gasteiger partial charge in [0.1, 0.15) is 0 Å². The van der Waals surface area contributed by atoms with Crippen molar-refractivity contribution in [3.05, 3.63) is 11.5 Å². The number of methoxy groups -OCH3 is 1. The Labute approximate surface area is 134 Å². The first kappa shape index (κ1) is 18.2. The number of rotatable bonds is 10. The van der Waals surface area contributed by atoms with Crippen molar-refractivity contribution in [1.82, 2.24) is 10.6 Å². The number of amides is 2. The van der Waals surface area contributed by atoms with E-state index in [1.54, 1.807) is 10.8 Å². The molecule has 2 N–H and O–H groups in total. The Morgan fingerprint density at radius 2 is 1.86 bits per heavy atom. The van der Waals surface area contributed by atoms with Gasteiger partial charge < -0.3 is 15.4 Å². The van der Waals surface area contributed by atoms with Crippen LogP contribution in [0, 0.1) is 0 Å². The molecule has 1 atom stereocenters. The van der Waals surface area contributed by atoms with Gasteiger partial charge in [-0.15, -0.1) is 0 Å². The summed E-state index contributed by atoms with van der Waals surface area (Å²) < 4.78 is 4.55. The van der Waals surface area contributed by atoms with Gasteiger partial charge in [-0.05, 0) is 31.1 Å². The smallest absolute Gasteiger partial charge is 0.314 e. The first-order valence-electron chi connectivity index (χ1n) is 7.29. The number of carbonyl (C=O) groups is 2. The summed E-state index contributed by atoms with van der Waals surface area (Å²) in [6.45, 7) is 1.30. The molecule has 0 radical (unpaired) electrons. The van der Waals surface area contributed by atoms with E-state index in [9.17, 15) is 9.59 Å². The Hall–Kier alpha value is -0.820. The number of unbranched alkanes of at least 4 members (excludes halogenated alkanes) is 2. The summed E-state index contributed by atoms with van der Waals surface area (Å²) in [5.41, 5.74) is 0. The molecule has 2 amide bonds. The minimum atomic E-state index is -0.201. The van der Waals surface area contributed by atoms with Crippen LogP contribution in [0.1, 0.15) is 38.5 Å². The molecule has 0 fully saturated rings. The van der Waals surface area contributed by atoms with Crippen LogP contribution < -0.4 is 10.6 Å². The lowest BCUT2D eigenvalue weighted by molar-refractivity contribution is -0.140. The van der Waals surface area contributed by atoms with Crippen molar-refractivity contribution in [2.75, 3.05) is 20.2 Å². The van der Waals surface area contributed by atoms with Gasteiger partial charge in [0.05, 0.1) is 7.11 Å². The lowest BCUT2D eigenvalue weighted by atomic mass is 10.2. The molecule has 7 heteroatoms. The van der Waals surface area contributed by atoms with Crippen molar-refractivity contribution >= 4 is 33.6 Å². The number of ether oxygens (including phenoxy) is 1. The highest BCUT2D eigenvalue weighted by Gasteiger charge is 2.09. The van der Waals surface area contributed by atoms with Crippen LogP contribution in [0.25, 0.3) is 0 Å². The molecule has 0 bridgehead atoms. The van der Waals surface area contributed by atoms with Crippen molar-refractivity contribution in [1.29, 1.82) is 0 Å². The summed E-state index contributed by atoms with van der Waals surface area (Å²) >= 11 is 0. The molecule has 0 saturated heterocycles.